The molecule has 0 spiro atoms. The summed E-state index contributed by atoms with van der Waals surface area (Å²) in [4.78, 5) is 0. The molecular weight excluding hydrogens is 333 g/mol. The smallest absolute Gasteiger partial charge is 0.503 e. The van der Waals surface area contributed by atoms with Gasteiger partial charge in [-0.25, -0.2) is 0 Å². The number of phenolic OH excluding ortho intramolecular Hbond substituents is 1. The zero-order chi connectivity index (χ0) is 10.9. The zero-order valence-corrected chi connectivity index (χ0v) is 9.57. The summed E-state index contributed by atoms with van der Waals surface area (Å²) < 4.78 is 39.5. The third-order valence-electron chi connectivity index (χ3n) is 1.22. The van der Waals surface area contributed by atoms with Gasteiger partial charge in [-0.1, -0.05) is 15.9 Å². The summed E-state index contributed by atoms with van der Waals surface area (Å²) in [5.74, 6) is -1.25. The van der Waals surface area contributed by atoms with Crippen molar-refractivity contribution in [1.29, 1.82) is 0 Å². The molecule has 1 rings (SSSR count). The standard InChI is InChI=1S/C7H3Br2F3O2/c8-3-1-4(9)6(13)5(2-3)14-7(10,11)12/h1-2,13H. The van der Waals surface area contributed by atoms with Crippen LogP contribution in [-0.2, 0) is 0 Å². The van der Waals surface area contributed by atoms with Gasteiger partial charge in [0.05, 0.1) is 4.47 Å². The first-order valence-electron chi connectivity index (χ1n) is 3.23. The highest BCUT2D eigenvalue weighted by molar-refractivity contribution is 9.11. The van der Waals surface area contributed by atoms with Crippen LogP contribution in [0.5, 0.6) is 11.5 Å². The van der Waals surface area contributed by atoms with Crippen LogP contribution in [-0.4, -0.2) is 11.5 Å². The van der Waals surface area contributed by atoms with E-state index in [9.17, 15) is 18.3 Å². The maximum atomic E-state index is 11.8. The van der Waals surface area contributed by atoms with Crippen LogP contribution in [0.2, 0.25) is 0 Å². The van der Waals surface area contributed by atoms with Gasteiger partial charge in [0.25, 0.3) is 0 Å². The van der Waals surface area contributed by atoms with Gasteiger partial charge in [-0.2, -0.15) is 0 Å². The van der Waals surface area contributed by atoms with Gasteiger partial charge in [-0.05, 0) is 28.1 Å². The Kier molecular flexibility index (Phi) is 3.31. The highest BCUT2D eigenvalue weighted by Crippen LogP contribution is 2.39. The van der Waals surface area contributed by atoms with E-state index in [0.717, 1.165) is 6.07 Å². The number of benzene rings is 1. The van der Waals surface area contributed by atoms with Crippen LogP contribution in [0.25, 0.3) is 0 Å². The molecule has 78 valence electrons. The molecule has 1 aromatic rings. The number of phenols is 1. The van der Waals surface area contributed by atoms with Gasteiger partial charge in [0, 0.05) is 4.47 Å². The second-order valence-electron chi connectivity index (χ2n) is 2.28. The summed E-state index contributed by atoms with van der Waals surface area (Å²) in [7, 11) is 0. The van der Waals surface area contributed by atoms with Gasteiger partial charge in [0.1, 0.15) is 0 Å². The SMILES string of the molecule is Oc1c(Br)cc(Br)cc1OC(F)(F)F. The Morgan fingerprint density at radius 1 is 1.21 bits per heavy atom. The molecule has 0 aliphatic carbocycles. The molecule has 0 fully saturated rings. The number of rotatable bonds is 1. The Bertz CT molecular complexity index is 352. The van der Waals surface area contributed by atoms with Crippen LogP contribution in [0.1, 0.15) is 0 Å². The minimum absolute atomic E-state index is 0.117. The molecule has 0 unspecified atom stereocenters. The van der Waals surface area contributed by atoms with E-state index in [1.165, 1.54) is 6.07 Å². The van der Waals surface area contributed by atoms with Crippen LogP contribution in [0.4, 0.5) is 13.2 Å². The lowest BCUT2D eigenvalue weighted by molar-refractivity contribution is -0.275. The minimum atomic E-state index is -4.82. The van der Waals surface area contributed by atoms with Crippen LogP contribution in [0, 0.1) is 0 Å². The number of alkyl halides is 3. The van der Waals surface area contributed by atoms with E-state index in [0.29, 0.717) is 4.47 Å². The van der Waals surface area contributed by atoms with Crippen molar-refractivity contribution in [3.8, 4) is 11.5 Å². The Labute approximate surface area is 93.9 Å². The molecule has 0 atom stereocenters. The highest BCUT2D eigenvalue weighted by Gasteiger charge is 2.32. The number of hydrogen-bond acceptors (Lipinski definition) is 2. The van der Waals surface area contributed by atoms with Crippen LogP contribution >= 0.6 is 31.9 Å². The molecule has 0 amide bonds. The van der Waals surface area contributed by atoms with E-state index in [1.54, 1.807) is 0 Å². The number of ether oxygens (including phenoxy) is 1. The maximum absolute atomic E-state index is 11.8. The van der Waals surface area contributed by atoms with E-state index in [-0.39, 0.29) is 4.47 Å². The average molecular weight is 336 g/mol. The van der Waals surface area contributed by atoms with E-state index in [4.69, 9.17) is 0 Å². The molecule has 0 aromatic heterocycles. The van der Waals surface area contributed by atoms with E-state index in [2.05, 4.69) is 36.6 Å². The maximum Gasteiger partial charge on any atom is 0.573 e. The molecule has 0 saturated carbocycles. The van der Waals surface area contributed by atoms with Crippen LogP contribution in [0.3, 0.4) is 0 Å². The monoisotopic (exact) mass is 334 g/mol. The Morgan fingerprint density at radius 3 is 2.29 bits per heavy atom. The number of halogens is 5. The van der Waals surface area contributed by atoms with Gasteiger partial charge in [-0.3, -0.25) is 0 Å². The molecule has 0 aliphatic heterocycles. The third kappa shape index (κ3) is 3.06. The lowest BCUT2D eigenvalue weighted by atomic mass is 10.3. The molecule has 0 saturated heterocycles. The largest absolute Gasteiger partial charge is 0.573 e. The van der Waals surface area contributed by atoms with Gasteiger partial charge >= 0.3 is 6.36 Å². The van der Waals surface area contributed by atoms with Gasteiger partial charge < -0.3 is 9.84 Å². The normalized spacial score (nSPS) is 11.5. The topological polar surface area (TPSA) is 29.5 Å². The predicted molar refractivity (Wildman–Crippen MR) is 50.2 cm³/mol. The van der Waals surface area contributed by atoms with Crippen molar-refractivity contribution >= 4 is 31.9 Å². The van der Waals surface area contributed by atoms with Crippen LogP contribution < -0.4 is 4.74 Å². The molecule has 1 N–H and O–H groups in total. The molecule has 14 heavy (non-hydrogen) atoms. The summed E-state index contributed by atoms with van der Waals surface area (Å²) in [6.07, 6.45) is -4.82. The summed E-state index contributed by atoms with van der Waals surface area (Å²) in [6, 6.07) is 2.42. The lowest BCUT2D eigenvalue weighted by Gasteiger charge is -2.11. The van der Waals surface area contributed by atoms with Crippen molar-refractivity contribution in [2.24, 2.45) is 0 Å². The Hall–Kier alpha value is -0.430. The second kappa shape index (κ2) is 3.98. The molecular formula is C7H3Br2F3O2. The van der Waals surface area contributed by atoms with E-state index < -0.39 is 17.9 Å². The van der Waals surface area contributed by atoms with E-state index >= 15 is 0 Å². The van der Waals surface area contributed by atoms with Gasteiger partial charge in [0.2, 0.25) is 0 Å². The number of aromatic hydroxyl groups is 1. The zero-order valence-electron chi connectivity index (χ0n) is 6.40. The molecule has 0 radical (unpaired) electrons. The Balaban J connectivity index is 3.09. The van der Waals surface area contributed by atoms with Crippen LogP contribution in [0.15, 0.2) is 21.1 Å². The molecule has 0 heterocycles. The minimum Gasteiger partial charge on any atom is -0.503 e. The van der Waals surface area contributed by atoms with Crippen molar-refractivity contribution in [2.45, 2.75) is 6.36 Å². The Morgan fingerprint density at radius 2 is 1.79 bits per heavy atom. The molecule has 1 aromatic carbocycles. The summed E-state index contributed by atoms with van der Waals surface area (Å²) in [6.45, 7) is 0. The van der Waals surface area contributed by atoms with Crippen molar-refractivity contribution in [3.63, 3.8) is 0 Å². The first-order valence-corrected chi connectivity index (χ1v) is 4.82. The molecule has 7 heteroatoms. The molecule has 0 bridgehead atoms. The fourth-order valence-corrected chi connectivity index (χ4v) is 1.93. The predicted octanol–water partition coefficient (Wildman–Crippen LogP) is 3.82. The first-order chi connectivity index (χ1) is 6.29. The van der Waals surface area contributed by atoms with Crippen molar-refractivity contribution in [1.82, 2.24) is 0 Å². The fraction of sp³-hybridized carbons (Fsp3) is 0.143. The van der Waals surface area contributed by atoms with Gasteiger partial charge in [0.15, 0.2) is 11.5 Å². The summed E-state index contributed by atoms with van der Waals surface area (Å²) >= 11 is 5.84. The lowest BCUT2D eigenvalue weighted by Crippen LogP contribution is -2.17. The summed E-state index contributed by atoms with van der Waals surface area (Å²) in [5, 5.41) is 9.19. The van der Waals surface area contributed by atoms with Crippen molar-refractivity contribution < 1.29 is 23.0 Å². The average Bonchev–Trinajstić information content (AvgIpc) is 1.96. The molecule has 0 aliphatic rings. The number of hydrogen-bond donors (Lipinski definition) is 1. The molecule has 2 nitrogen and oxygen atoms in total. The fourth-order valence-electron chi connectivity index (χ4n) is 0.745. The quantitative estimate of drug-likeness (QED) is 0.845. The summed E-state index contributed by atoms with van der Waals surface area (Å²) in [5.41, 5.74) is 0. The second-order valence-corrected chi connectivity index (χ2v) is 4.05. The third-order valence-corrected chi connectivity index (χ3v) is 2.28. The highest BCUT2D eigenvalue weighted by atomic mass is 79.9. The first kappa shape index (κ1) is 11.6. The van der Waals surface area contributed by atoms with Crippen molar-refractivity contribution in [2.75, 3.05) is 0 Å². The van der Waals surface area contributed by atoms with Gasteiger partial charge in [-0.15, -0.1) is 13.2 Å². The van der Waals surface area contributed by atoms with Crippen molar-refractivity contribution in [3.05, 3.63) is 21.1 Å². The van der Waals surface area contributed by atoms with E-state index in [1.807, 2.05) is 0 Å².